The molecule has 2 nitrogen and oxygen atoms in total. The van der Waals surface area contributed by atoms with Gasteiger partial charge in [-0.25, -0.2) is 0 Å². The quantitative estimate of drug-likeness (QED) is 0.0383. The van der Waals surface area contributed by atoms with Crippen molar-refractivity contribution in [3.63, 3.8) is 0 Å². The number of esters is 1. The van der Waals surface area contributed by atoms with Crippen LogP contribution in [0.15, 0.2) is 12.2 Å². The lowest BCUT2D eigenvalue weighted by Gasteiger charge is -2.06. The van der Waals surface area contributed by atoms with Gasteiger partial charge in [-0.2, -0.15) is 0 Å². The first-order valence-electron chi connectivity index (χ1n) is 21.1. The van der Waals surface area contributed by atoms with Crippen molar-refractivity contribution in [1.29, 1.82) is 0 Å². The second-order valence-corrected chi connectivity index (χ2v) is 14.3. The molecule has 0 fully saturated rings. The van der Waals surface area contributed by atoms with E-state index < -0.39 is 0 Å². The molecule has 0 unspecified atom stereocenters. The Morgan fingerprint density at radius 1 is 0.356 bits per heavy atom. The number of ether oxygens (including phenoxy) is 1. The van der Waals surface area contributed by atoms with Crippen LogP contribution in [0.25, 0.3) is 0 Å². The van der Waals surface area contributed by atoms with Crippen molar-refractivity contribution in [2.24, 2.45) is 0 Å². The Kier molecular flexibility index (Phi) is 40.5. The van der Waals surface area contributed by atoms with Crippen molar-refractivity contribution in [2.75, 3.05) is 6.61 Å². The fourth-order valence-electron chi connectivity index (χ4n) is 6.49. The van der Waals surface area contributed by atoms with Gasteiger partial charge < -0.3 is 4.74 Å². The van der Waals surface area contributed by atoms with E-state index in [1.165, 1.54) is 218 Å². The average molecular weight is 633 g/mol. The maximum Gasteiger partial charge on any atom is 0.305 e. The maximum atomic E-state index is 12.0. The first kappa shape index (κ1) is 44.2. The zero-order chi connectivity index (χ0) is 32.6. The van der Waals surface area contributed by atoms with Gasteiger partial charge in [-0.1, -0.05) is 219 Å². The number of unbranched alkanes of at least 4 members (excludes halogenated alkanes) is 33. The summed E-state index contributed by atoms with van der Waals surface area (Å²) in [5, 5.41) is 0. The van der Waals surface area contributed by atoms with Crippen LogP contribution in [0.3, 0.4) is 0 Å². The van der Waals surface area contributed by atoms with Crippen molar-refractivity contribution in [3.05, 3.63) is 12.2 Å². The summed E-state index contributed by atoms with van der Waals surface area (Å²) >= 11 is 0. The predicted molar refractivity (Wildman–Crippen MR) is 202 cm³/mol. The zero-order valence-electron chi connectivity index (χ0n) is 31.3. The van der Waals surface area contributed by atoms with Crippen molar-refractivity contribution < 1.29 is 9.53 Å². The lowest BCUT2D eigenvalue weighted by atomic mass is 10.0. The molecule has 2 heteroatoms. The highest BCUT2D eigenvalue weighted by Gasteiger charge is 2.03. The van der Waals surface area contributed by atoms with Gasteiger partial charge in [0.25, 0.3) is 0 Å². The molecule has 0 N–H and O–H groups in total. The number of hydrogen-bond acceptors (Lipinski definition) is 2. The van der Waals surface area contributed by atoms with Crippen molar-refractivity contribution in [3.8, 4) is 0 Å². The molecule has 0 saturated carbocycles. The Labute approximate surface area is 285 Å². The molecule has 0 aliphatic rings. The molecule has 0 heterocycles. The van der Waals surface area contributed by atoms with Gasteiger partial charge in [0.05, 0.1) is 6.61 Å². The minimum Gasteiger partial charge on any atom is -0.466 e. The molecule has 45 heavy (non-hydrogen) atoms. The first-order valence-corrected chi connectivity index (χ1v) is 21.1. The fraction of sp³-hybridized carbons (Fsp3) is 0.930. The zero-order valence-corrected chi connectivity index (χ0v) is 31.3. The molecule has 0 atom stereocenters. The third-order valence-electron chi connectivity index (χ3n) is 9.65. The minimum atomic E-state index is 0.0263. The molecule has 0 bridgehead atoms. The Morgan fingerprint density at radius 3 is 0.956 bits per heavy atom. The van der Waals surface area contributed by atoms with Crippen LogP contribution in [-0.4, -0.2) is 12.6 Å². The first-order chi connectivity index (χ1) is 22.3. The number of rotatable bonds is 39. The molecular formula is C43H84O2. The SMILES string of the molecule is CCCCCCCCC=CCCCCCCCCCCCC(=O)OCCCCCCCCCCCCCCCCCCCCC. The number of carbonyl (C=O) groups is 1. The number of hydrogen-bond donors (Lipinski definition) is 0. The molecule has 0 saturated heterocycles. The monoisotopic (exact) mass is 633 g/mol. The van der Waals surface area contributed by atoms with E-state index in [-0.39, 0.29) is 5.97 Å². The van der Waals surface area contributed by atoms with Gasteiger partial charge in [0.1, 0.15) is 0 Å². The summed E-state index contributed by atoms with van der Waals surface area (Å²) in [5.41, 5.74) is 0. The smallest absolute Gasteiger partial charge is 0.305 e. The van der Waals surface area contributed by atoms with E-state index in [9.17, 15) is 4.79 Å². The fourth-order valence-corrected chi connectivity index (χ4v) is 6.49. The van der Waals surface area contributed by atoms with Gasteiger partial charge in [0, 0.05) is 6.42 Å². The Bertz CT molecular complexity index is 568. The standard InChI is InChI=1S/C43H84O2/c1-3-5-7-9-11-13-15-17-19-21-23-25-27-29-31-33-35-37-39-41-43(44)45-42-40-38-36-34-32-30-28-26-24-22-20-18-16-14-12-10-8-6-4-2/h17,19H,3-16,18,20-42H2,1-2H3. The summed E-state index contributed by atoms with van der Waals surface area (Å²) in [4.78, 5) is 12.0. The molecule has 0 radical (unpaired) electrons. The summed E-state index contributed by atoms with van der Waals surface area (Å²) in [7, 11) is 0. The topological polar surface area (TPSA) is 26.3 Å². The highest BCUT2D eigenvalue weighted by molar-refractivity contribution is 5.69. The van der Waals surface area contributed by atoms with Crippen LogP contribution in [0.4, 0.5) is 0 Å². The van der Waals surface area contributed by atoms with Crippen LogP contribution >= 0.6 is 0 Å². The van der Waals surface area contributed by atoms with Gasteiger partial charge >= 0.3 is 5.97 Å². The van der Waals surface area contributed by atoms with Gasteiger partial charge in [0.15, 0.2) is 0 Å². The molecule has 0 aromatic carbocycles. The van der Waals surface area contributed by atoms with E-state index in [1.807, 2.05) is 0 Å². The lowest BCUT2D eigenvalue weighted by molar-refractivity contribution is -0.143. The van der Waals surface area contributed by atoms with Crippen molar-refractivity contribution >= 4 is 5.97 Å². The van der Waals surface area contributed by atoms with Gasteiger partial charge in [-0.3, -0.25) is 4.79 Å². The molecule has 0 spiro atoms. The molecule has 0 rings (SSSR count). The van der Waals surface area contributed by atoms with E-state index in [2.05, 4.69) is 26.0 Å². The maximum absolute atomic E-state index is 12.0. The third-order valence-corrected chi connectivity index (χ3v) is 9.65. The second-order valence-electron chi connectivity index (χ2n) is 14.3. The largest absolute Gasteiger partial charge is 0.466 e. The van der Waals surface area contributed by atoms with Crippen LogP contribution in [0.5, 0.6) is 0 Å². The summed E-state index contributed by atoms with van der Waals surface area (Å²) in [6, 6.07) is 0. The van der Waals surface area contributed by atoms with Gasteiger partial charge in [-0.15, -0.1) is 0 Å². The van der Waals surface area contributed by atoms with Gasteiger partial charge in [-0.05, 0) is 38.5 Å². The summed E-state index contributed by atoms with van der Waals surface area (Å²) in [6.07, 6.45) is 54.5. The normalized spacial score (nSPS) is 11.6. The highest BCUT2D eigenvalue weighted by atomic mass is 16.5. The van der Waals surface area contributed by atoms with Crippen LogP contribution in [-0.2, 0) is 9.53 Å². The molecule has 0 aromatic rings. The van der Waals surface area contributed by atoms with Crippen molar-refractivity contribution in [2.45, 2.75) is 251 Å². The highest BCUT2D eigenvalue weighted by Crippen LogP contribution is 2.16. The number of carbonyl (C=O) groups excluding carboxylic acids is 1. The summed E-state index contributed by atoms with van der Waals surface area (Å²) in [5.74, 6) is 0.0263. The minimum absolute atomic E-state index is 0.0263. The second kappa shape index (κ2) is 41.2. The van der Waals surface area contributed by atoms with Crippen LogP contribution in [0, 0.1) is 0 Å². The van der Waals surface area contributed by atoms with E-state index in [1.54, 1.807) is 0 Å². The van der Waals surface area contributed by atoms with Gasteiger partial charge in [0.2, 0.25) is 0 Å². The Hall–Kier alpha value is -0.790. The van der Waals surface area contributed by atoms with E-state index in [0.717, 1.165) is 12.8 Å². The molecule has 268 valence electrons. The van der Waals surface area contributed by atoms with E-state index in [4.69, 9.17) is 4.74 Å². The van der Waals surface area contributed by atoms with Crippen molar-refractivity contribution in [1.82, 2.24) is 0 Å². The third kappa shape index (κ3) is 41.2. The summed E-state index contributed by atoms with van der Waals surface area (Å²) < 4.78 is 5.47. The average Bonchev–Trinajstić information content (AvgIpc) is 3.05. The van der Waals surface area contributed by atoms with Crippen LogP contribution in [0.1, 0.15) is 251 Å². The number of allylic oxidation sites excluding steroid dienone is 2. The Morgan fingerprint density at radius 2 is 0.622 bits per heavy atom. The predicted octanol–water partition coefficient (Wildman–Crippen LogP) is 15.6. The molecule has 0 aromatic heterocycles. The molecule has 0 aliphatic heterocycles. The Balaban J connectivity index is 3.17. The lowest BCUT2D eigenvalue weighted by Crippen LogP contribution is -2.05. The van der Waals surface area contributed by atoms with E-state index in [0.29, 0.717) is 13.0 Å². The molecule has 0 aliphatic carbocycles. The summed E-state index contributed by atoms with van der Waals surface area (Å²) in [6.45, 7) is 5.21. The van der Waals surface area contributed by atoms with E-state index >= 15 is 0 Å². The molecular weight excluding hydrogens is 548 g/mol. The van der Waals surface area contributed by atoms with Crippen LogP contribution in [0.2, 0.25) is 0 Å². The molecule has 0 amide bonds. The van der Waals surface area contributed by atoms with Crippen LogP contribution < -0.4 is 0 Å².